The molecule has 2 rings (SSSR count). The van der Waals surface area contributed by atoms with Crippen LogP contribution in [0.2, 0.25) is 0 Å². The predicted molar refractivity (Wildman–Crippen MR) is 65.6 cm³/mol. The molecule has 0 atom stereocenters. The van der Waals surface area contributed by atoms with E-state index in [1.165, 1.54) is 0 Å². The summed E-state index contributed by atoms with van der Waals surface area (Å²) in [7, 11) is 1.81. The zero-order chi connectivity index (χ0) is 11.5. The lowest BCUT2D eigenvalue weighted by molar-refractivity contribution is 0.104. The smallest absolute Gasteiger partial charge is 0.189 e. The van der Waals surface area contributed by atoms with Crippen molar-refractivity contribution in [2.24, 2.45) is 7.05 Å². The van der Waals surface area contributed by atoms with Gasteiger partial charge in [0.1, 0.15) is 0 Å². The third kappa shape index (κ3) is 2.28. The quantitative estimate of drug-likeness (QED) is 0.602. The maximum absolute atomic E-state index is 11.8. The molecule has 0 spiro atoms. The number of allylic oxidation sites excluding steroid dienone is 1. The van der Waals surface area contributed by atoms with Gasteiger partial charge in [-0.2, -0.15) is 16.4 Å². The molecule has 16 heavy (non-hydrogen) atoms. The second kappa shape index (κ2) is 4.45. The minimum Gasteiger partial charge on any atom is -0.289 e. The number of carbonyl (C=O) groups is 1. The van der Waals surface area contributed by atoms with Crippen molar-refractivity contribution in [2.75, 3.05) is 0 Å². The highest BCUT2D eigenvalue weighted by Crippen LogP contribution is 2.10. The monoisotopic (exact) mass is 232 g/mol. The number of aryl methyl sites for hydroxylation is 2. The van der Waals surface area contributed by atoms with Crippen molar-refractivity contribution in [3.05, 3.63) is 45.9 Å². The Bertz CT molecular complexity index is 523. The molecule has 0 aliphatic carbocycles. The molecule has 0 radical (unpaired) electrons. The number of ketones is 1. The lowest BCUT2D eigenvalue weighted by atomic mass is 10.1. The Morgan fingerprint density at radius 1 is 1.56 bits per heavy atom. The molecule has 2 aromatic heterocycles. The van der Waals surface area contributed by atoms with Crippen LogP contribution >= 0.6 is 11.3 Å². The van der Waals surface area contributed by atoms with Crippen LogP contribution in [0.15, 0.2) is 29.1 Å². The summed E-state index contributed by atoms with van der Waals surface area (Å²) in [5.41, 5.74) is 2.48. The van der Waals surface area contributed by atoms with Gasteiger partial charge in [0, 0.05) is 13.2 Å². The first-order chi connectivity index (χ1) is 7.66. The summed E-state index contributed by atoms with van der Waals surface area (Å²) in [6.07, 6.45) is 5.16. The standard InChI is InChI=1S/C12H12N2OS/c1-9-11(7-14(2)13-9)12(15)4-3-10-5-6-16-8-10/h3-8H,1-2H3/b4-3-. The van der Waals surface area contributed by atoms with E-state index in [0.29, 0.717) is 5.56 Å². The molecule has 0 N–H and O–H groups in total. The molecule has 0 bridgehead atoms. The van der Waals surface area contributed by atoms with E-state index >= 15 is 0 Å². The first-order valence-electron chi connectivity index (χ1n) is 4.91. The van der Waals surface area contributed by atoms with Gasteiger partial charge < -0.3 is 0 Å². The molecule has 0 amide bonds. The minimum atomic E-state index is -0.00296. The molecular weight excluding hydrogens is 220 g/mol. The Balaban J connectivity index is 2.17. The van der Waals surface area contributed by atoms with Crippen molar-refractivity contribution in [3.63, 3.8) is 0 Å². The second-order valence-electron chi connectivity index (χ2n) is 3.56. The Morgan fingerprint density at radius 2 is 2.38 bits per heavy atom. The summed E-state index contributed by atoms with van der Waals surface area (Å²) < 4.78 is 1.65. The fourth-order valence-electron chi connectivity index (χ4n) is 1.47. The van der Waals surface area contributed by atoms with E-state index in [1.54, 1.807) is 28.3 Å². The van der Waals surface area contributed by atoms with E-state index in [-0.39, 0.29) is 5.78 Å². The molecule has 0 aliphatic rings. The van der Waals surface area contributed by atoms with Gasteiger partial charge in [-0.1, -0.05) is 6.08 Å². The highest BCUT2D eigenvalue weighted by atomic mass is 32.1. The number of hydrogen-bond donors (Lipinski definition) is 0. The molecule has 0 aliphatic heterocycles. The summed E-state index contributed by atoms with van der Waals surface area (Å²) >= 11 is 1.62. The minimum absolute atomic E-state index is 0.00296. The first kappa shape index (κ1) is 10.8. The van der Waals surface area contributed by atoms with Crippen LogP contribution in [0.3, 0.4) is 0 Å². The van der Waals surface area contributed by atoms with Crippen molar-refractivity contribution in [2.45, 2.75) is 6.92 Å². The molecule has 0 saturated carbocycles. The normalized spacial score (nSPS) is 11.1. The van der Waals surface area contributed by atoms with Crippen LogP contribution in [-0.4, -0.2) is 15.6 Å². The maximum atomic E-state index is 11.8. The summed E-state index contributed by atoms with van der Waals surface area (Å²) in [6, 6.07) is 1.98. The van der Waals surface area contributed by atoms with E-state index in [4.69, 9.17) is 0 Å². The Labute approximate surface area is 98.0 Å². The lowest BCUT2D eigenvalue weighted by Gasteiger charge is -1.90. The van der Waals surface area contributed by atoms with Crippen LogP contribution in [0.25, 0.3) is 6.08 Å². The lowest BCUT2D eigenvalue weighted by Crippen LogP contribution is -1.94. The second-order valence-corrected chi connectivity index (χ2v) is 4.34. The van der Waals surface area contributed by atoms with Crippen LogP contribution in [0.1, 0.15) is 21.6 Å². The predicted octanol–water partition coefficient (Wildman–Crippen LogP) is 2.69. The number of thiophene rings is 1. The molecule has 4 heteroatoms. The summed E-state index contributed by atoms with van der Waals surface area (Å²) in [6.45, 7) is 1.84. The number of nitrogens with zero attached hydrogens (tertiary/aromatic N) is 2. The summed E-state index contributed by atoms with van der Waals surface area (Å²) in [5, 5.41) is 8.13. The number of rotatable bonds is 3. The van der Waals surface area contributed by atoms with E-state index < -0.39 is 0 Å². The van der Waals surface area contributed by atoms with Crippen LogP contribution < -0.4 is 0 Å². The van der Waals surface area contributed by atoms with E-state index in [1.807, 2.05) is 36.9 Å². The molecule has 2 heterocycles. The average Bonchev–Trinajstić information content (AvgIpc) is 2.84. The highest BCUT2D eigenvalue weighted by Gasteiger charge is 2.08. The van der Waals surface area contributed by atoms with Crippen molar-refractivity contribution in [1.82, 2.24) is 9.78 Å². The van der Waals surface area contributed by atoms with Gasteiger partial charge in [0.15, 0.2) is 5.78 Å². The number of hydrogen-bond acceptors (Lipinski definition) is 3. The van der Waals surface area contributed by atoms with Gasteiger partial charge in [0.2, 0.25) is 0 Å². The van der Waals surface area contributed by atoms with Crippen LogP contribution in [0.5, 0.6) is 0 Å². The van der Waals surface area contributed by atoms with Crippen LogP contribution in [0.4, 0.5) is 0 Å². The Hall–Kier alpha value is -1.68. The SMILES string of the molecule is Cc1nn(C)cc1C(=O)/C=C\c1ccsc1. The molecule has 3 nitrogen and oxygen atoms in total. The fraction of sp³-hybridized carbons (Fsp3) is 0.167. The molecule has 0 aromatic carbocycles. The van der Waals surface area contributed by atoms with Crippen LogP contribution in [0, 0.1) is 6.92 Å². The summed E-state index contributed by atoms with van der Waals surface area (Å²) in [4.78, 5) is 11.8. The van der Waals surface area contributed by atoms with Crippen molar-refractivity contribution < 1.29 is 4.79 Å². The van der Waals surface area contributed by atoms with Crippen molar-refractivity contribution in [3.8, 4) is 0 Å². The van der Waals surface area contributed by atoms with Gasteiger partial charge in [-0.3, -0.25) is 9.48 Å². The Morgan fingerprint density at radius 3 is 2.94 bits per heavy atom. The molecule has 82 valence electrons. The van der Waals surface area contributed by atoms with Crippen LogP contribution in [-0.2, 0) is 7.05 Å². The zero-order valence-electron chi connectivity index (χ0n) is 9.18. The maximum Gasteiger partial charge on any atom is 0.189 e. The molecule has 0 fully saturated rings. The molecule has 0 unspecified atom stereocenters. The van der Waals surface area contributed by atoms with E-state index in [9.17, 15) is 4.79 Å². The fourth-order valence-corrected chi connectivity index (χ4v) is 2.10. The van der Waals surface area contributed by atoms with Gasteiger partial charge >= 0.3 is 0 Å². The Kier molecular flexibility index (Phi) is 3.01. The van der Waals surface area contributed by atoms with Crippen molar-refractivity contribution >= 4 is 23.2 Å². The van der Waals surface area contributed by atoms with Gasteiger partial charge in [-0.25, -0.2) is 0 Å². The largest absolute Gasteiger partial charge is 0.289 e. The first-order valence-corrected chi connectivity index (χ1v) is 5.86. The third-order valence-electron chi connectivity index (χ3n) is 2.25. The molecule has 2 aromatic rings. The van der Waals surface area contributed by atoms with E-state index in [0.717, 1.165) is 11.3 Å². The van der Waals surface area contributed by atoms with E-state index in [2.05, 4.69) is 5.10 Å². The topological polar surface area (TPSA) is 34.9 Å². The van der Waals surface area contributed by atoms with Gasteiger partial charge in [0.25, 0.3) is 0 Å². The van der Waals surface area contributed by atoms with Crippen molar-refractivity contribution in [1.29, 1.82) is 0 Å². The average molecular weight is 232 g/mol. The van der Waals surface area contributed by atoms with Gasteiger partial charge in [-0.05, 0) is 35.4 Å². The molecule has 0 saturated heterocycles. The zero-order valence-corrected chi connectivity index (χ0v) is 9.99. The van der Waals surface area contributed by atoms with Gasteiger partial charge in [-0.15, -0.1) is 0 Å². The third-order valence-corrected chi connectivity index (χ3v) is 2.95. The number of aromatic nitrogens is 2. The highest BCUT2D eigenvalue weighted by molar-refractivity contribution is 7.08. The van der Waals surface area contributed by atoms with Gasteiger partial charge in [0.05, 0.1) is 11.3 Å². The number of carbonyl (C=O) groups excluding carboxylic acids is 1. The molecular formula is C12H12N2OS. The summed E-state index contributed by atoms with van der Waals surface area (Å²) in [5.74, 6) is -0.00296.